The highest BCUT2D eigenvalue weighted by Gasteiger charge is 2.10. The summed E-state index contributed by atoms with van der Waals surface area (Å²) < 4.78 is 7.54. The van der Waals surface area contributed by atoms with E-state index in [0.29, 0.717) is 22.5 Å². The summed E-state index contributed by atoms with van der Waals surface area (Å²) in [6.45, 7) is 0.478. The van der Waals surface area contributed by atoms with E-state index in [2.05, 4.69) is 27.6 Å². The molecule has 6 heteroatoms. The predicted molar refractivity (Wildman–Crippen MR) is 101 cm³/mol. The zero-order chi connectivity index (χ0) is 16.4. The third kappa shape index (κ3) is 3.21. The maximum absolute atomic E-state index is 12.6. The maximum atomic E-state index is 12.6. The lowest BCUT2D eigenvalue weighted by atomic mass is 10.2. The average molecular weight is 441 g/mol. The fourth-order valence-electron chi connectivity index (χ4n) is 2.38. The van der Waals surface area contributed by atoms with E-state index in [4.69, 9.17) is 16.3 Å². The second-order valence-corrected chi connectivity index (χ2v) is 6.23. The Hall–Kier alpha value is -1.60. The number of rotatable bonds is 4. The molecule has 0 atom stereocenters. The van der Waals surface area contributed by atoms with Gasteiger partial charge in [0.2, 0.25) is 0 Å². The molecule has 0 unspecified atom stereocenters. The highest BCUT2D eigenvalue weighted by molar-refractivity contribution is 14.1. The molecule has 1 aromatic carbocycles. The fourth-order valence-corrected chi connectivity index (χ4v) is 3.45. The van der Waals surface area contributed by atoms with Crippen molar-refractivity contribution >= 4 is 45.1 Å². The molecule has 0 saturated carbocycles. The zero-order valence-corrected chi connectivity index (χ0v) is 15.3. The second-order valence-electron chi connectivity index (χ2n) is 5.09. The quantitative estimate of drug-likeness (QED) is 0.454. The van der Waals surface area contributed by atoms with Crippen molar-refractivity contribution in [3.8, 4) is 5.75 Å². The van der Waals surface area contributed by atoms with Crippen LogP contribution in [0.4, 0.5) is 0 Å². The summed E-state index contributed by atoms with van der Waals surface area (Å²) in [5.41, 5.74) is 2.22. The summed E-state index contributed by atoms with van der Waals surface area (Å²) in [6, 6.07) is 9.49. The molecule has 3 rings (SSSR count). The Morgan fingerprint density at radius 1 is 1.26 bits per heavy atom. The van der Waals surface area contributed by atoms with Crippen molar-refractivity contribution in [1.29, 1.82) is 0 Å². The van der Waals surface area contributed by atoms with E-state index in [1.165, 1.54) is 0 Å². The fraction of sp³-hybridized carbons (Fsp3) is 0.176. The molecule has 0 aliphatic heterocycles. The number of hydrogen-bond donors (Lipinski definition) is 0. The van der Waals surface area contributed by atoms with E-state index in [-0.39, 0.29) is 5.56 Å². The van der Waals surface area contributed by atoms with Crippen molar-refractivity contribution in [3.05, 3.63) is 69.2 Å². The van der Waals surface area contributed by atoms with Crippen LogP contribution in [0.3, 0.4) is 0 Å². The number of nitrogens with zero attached hydrogens (tertiary/aromatic N) is 2. The molecule has 4 nitrogen and oxygen atoms in total. The van der Waals surface area contributed by atoms with Crippen LogP contribution in [0.15, 0.2) is 47.5 Å². The van der Waals surface area contributed by atoms with E-state index in [1.807, 2.05) is 30.3 Å². The van der Waals surface area contributed by atoms with Crippen molar-refractivity contribution in [1.82, 2.24) is 9.55 Å². The molecule has 0 bridgehead atoms. The lowest BCUT2D eigenvalue weighted by molar-refractivity contribution is 0.414. The Balaban J connectivity index is 2.02. The number of fused-ring (bicyclic) bond motifs is 1. The van der Waals surface area contributed by atoms with Gasteiger partial charge in [0.05, 0.1) is 18.7 Å². The summed E-state index contributed by atoms with van der Waals surface area (Å²) in [5.74, 6) is 0.791. The summed E-state index contributed by atoms with van der Waals surface area (Å²) in [5, 5.41) is 1.31. The summed E-state index contributed by atoms with van der Waals surface area (Å²) >= 11 is 8.58. The van der Waals surface area contributed by atoms with Gasteiger partial charge in [0.1, 0.15) is 11.3 Å². The minimum atomic E-state index is -0.139. The van der Waals surface area contributed by atoms with Crippen LogP contribution in [0.5, 0.6) is 5.75 Å². The molecule has 3 aromatic rings. The summed E-state index contributed by atoms with van der Waals surface area (Å²) in [4.78, 5) is 16.9. The van der Waals surface area contributed by atoms with Crippen LogP contribution in [0, 0.1) is 0 Å². The Morgan fingerprint density at radius 2 is 2.00 bits per heavy atom. The van der Waals surface area contributed by atoms with Crippen LogP contribution >= 0.6 is 34.2 Å². The van der Waals surface area contributed by atoms with Gasteiger partial charge in [0.25, 0.3) is 5.56 Å². The minimum absolute atomic E-state index is 0.139. The Morgan fingerprint density at radius 3 is 2.65 bits per heavy atom. The first kappa shape index (κ1) is 16.3. The number of halogens is 2. The standard InChI is InChI=1S/C17H14ClIN2O2/c1-23-13-4-2-11(3-5-13)10-21-7-6-14-15(18)12(8-19)9-20-16(14)17(21)22/h2-7,9H,8,10H2,1H3. The normalized spacial score (nSPS) is 10.9. The Bertz CT molecular complexity index is 907. The van der Waals surface area contributed by atoms with Crippen LogP contribution in [0.2, 0.25) is 5.02 Å². The van der Waals surface area contributed by atoms with E-state index >= 15 is 0 Å². The van der Waals surface area contributed by atoms with Crippen LogP contribution in [0.1, 0.15) is 11.1 Å². The molecule has 118 valence electrons. The highest BCUT2D eigenvalue weighted by Crippen LogP contribution is 2.25. The van der Waals surface area contributed by atoms with E-state index in [0.717, 1.165) is 21.3 Å². The van der Waals surface area contributed by atoms with Crippen LogP contribution in [0.25, 0.3) is 10.9 Å². The SMILES string of the molecule is COc1ccc(Cn2ccc3c(Cl)c(CI)cnc3c2=O)cc1. The number of benzene rings is 1. The molecule has 0 spiro atoms. The smallest absolute Gasteiger partial charge is 0.277 e. The van der Waals surface area contributed by atoms with Gasteiger partial charge in [-0.2, -0.15) is 0 Å². The monoisotopic (exact) mass is 440 g/mol. The molecule has 0 fully saturated rings. The third-order valence-corrected chi connectivity index (χ3v) is 4.93. The molecule has 0 amide bonds. The van der Waals surface area contributed by atoms with Gasteiger partial charge in [0, 0.05) is 22.2 Å². The van der Waals surface area contributed by atoms with Gasteiger partial charge in [-0.1, -0.05) is 46.3 Å². The number of aromatic nitrogens is 2. The molecule has 2 heterocycles. The van der Waals surface area contributed by atoms with Gasteiger partial charge in [-0.15, -0.1) is 0 Å². The van der Waals surface area contributed by atoms with E-state index < -0.39 is 0 Å². The average Bonchev–Trinajstić information content (AvgIpc) is 2.58. The number of methoxy groups -OCH3 is 1. The summed E-state index contributed by atoms with van der Waals surface area (Å²) in [7, 11) is 1.63. The molecule has 0 N–H and O–H groups in total. The highest BCUT2D eigenvalue weighted by atomic mass is 127. The first-order valence-electron chi connectivity index (χ1n) is 6.99. The first-order chi connectivity index (χ1) is 11.1. The van der Waals surface area contributed by atoms with Gasteiger partial charge in [0.15, 0.2) is 0 Å². The van der Waals surface area contributed by atoms with E-state index in [9.17, 15) is 4.79 Å². The molecule has 0 aliphatic carbocycles. The number of alkyl halides is 1. The minimum Gasteiger partial charge on any atom is -0.497 e. The van der Waals surface area contributed by atoms with Crippen molar-refractivity contribution in [2.75, 3.05) is 7.11 Å². The second kappa shape index (κ2) is 6.88. The molecule has 2 aromatic heterocycles. The van der Waals surface area contributed by atoms with Gasteiger partial charge >= 0.3 is 0 Å². The van der Waals surface area contributed by atoms with Crippen LogP contribution in [-0.2, 0) is 11.0 Å². The largest absolute Gasteiger partial charge is 0.497 e. The Labute approximate surface area is 152 Å². The molecule has 0 radical (unpaired) electrons. The maximum Gasteiger partial charge on any atom is 0.277 e. The van der Waals surface area contributed by atoms with Crippen molar-refractivity contribution in [2.45, 2.75) is 11.0 Å². The molecule has 23 heavy (non-hydrogen) atoms. The molecular weight excluding hydrogens is 427 g/mol. The van der Waals surface area contributed by atoms with Crippen LogP contribution < -0.4 is 10.3 Å². The molecular formula is C17H14ClIN2O2. The lowest BCUT2D eigenvalue weighted by Gasteiger charge is -2.09. The van der Waals surface area contributed by atoms with Crippen molar-refractivity contribution in [2.24, 2.45) is 0 Å². The predicted octanol–water partition coefficient (Wildman–Crippen LogP) is 4.04. The molecule has 0 saturated heterocycles. The van der Waals surface area contributed by atoms with Gasteiger partial charge < -0.3 is 9.30 Å². The number of hydrogen-bond acceptors (Lipinski definition) is 3. The Kier molecular flexibility index (Phi) is 4.87. The summed E-state index contributed by atoms with van der Waals surface area (Å²) in [6.07, 6.45) is 3.44. The zero-order valence-electron chi connectivity index (χ0n) is 12.4. The number of pyridine rings is 2. The van der Waals surface area contributed by atoms with Crippen LogP contribution in [-0.4, -0.2) is 16.7 Å². The first-order valence-corrected chi connectivity index (χ1v) is 8.90. The van der Waals surface area contributed by atoms with Crippen molar-refractivity contribution < 1.29 is 4.74 Å². The number of ether oxygens (including phenoxy) is 1. The van der Waals surface area contributed by atoms with E-state index in [1.54, 1.807) is 24.1 Å². The third-order valence-electron chi connectivity index (χ3n) is 3.66. The van der Waals surface area contributed by atoms with Crippen molar-refractivity contribution in [3.63, 3.8) is 0 Å². The van der Waals surface area contributed by atoms with Gasteiger partial charge in [-0.05, 0) is 29.3 Å². The van der Waals surface area contributed by atoms with Gasteiger partial charge in [-0.25, -0.2) is 0 Å². The topological polar surface area (TPSA) is 44.1 Å². The molecule has 0 aliphatic rings. The van der Waals surface area contributed by atoms with Gasteiger partial charge in [-0.3, -0.25) is 9.78 Å². The lowest BCUT2D eigenvalue weighted by Crippen LogP contribution is -2.21.